The van der Waals surface area contributed by atoms with E-state index in [4.69, 9.17) is 0 Å². The van der Waals surface area contributed by atoms with Crippen molar-refractivity contribution >= 4 is 10.0 Å². The summed E-state index contributed by atoms with van der Waals surface area (Å²) in [5.74, 6) is -0.694. The molecule has 0 amide bonds. The molecule has 1 aliphatic carbocycles. The summed E-state index contributed by atoms with van der Waals surface area (Å²) in [5.41, 5.74) is 0. The van der Waals surface area contributed by atoms with Gasteiger partial charge in [0.1, 0.15) is 10.9 Å². The number of sulfonamides is 1. The molecule has 1 atom stereocenters. The third kappa shape index (κ3) is 3.76. The van der Waals surface area contributed by atoms with Crippen molar-refractivity contribution in [2.24, 2.45) is 5.92 Å². The van der Waals surface area contributed by atoms with Gasteiger partial charge in [-0.05, 0) is 25.7 Å². The molecule has 1 aliphatic rings. The average molecular weight is 325 g/mol. The molecule has 1 unspecified atom stereocenters. The lowest BCUT2D eigenvalue weighted by atomic mass is 9.99. The topological polar surface area (TPSA) is 64.0 Å². The smallest absolute Gasteiger partial charge is 0.272 e. The quantitative estimate of drug-likeness (QED) is 0.903. The number of nitrogens with one attached hydrogen (secondary N) is 1. The van der Waals surface area contributed by atoms with Gasteiger partial charge in [-0.15, -0.1) is 0 Å². The molecule has 0 aliphatic heterocycles. The second-order valence-electron chi connectivity index (χ2n) is 5.22. The summed E-state index contributed by atoms with van der Waals surface area (Å²) < 4.78 is 66.8. The third-order valence-electron chi connectivity index (χ3n) is 3.75. The second kappa shape index (κ2) is 5.96. The maximum Gasteiger partial charge on any atom is 0.405 e. The van der Waals surface area contributed by atoms with E-state index in [1.54, 1.807) is 6.92 Å². The molecule has 1 aromatic rings. The van der Waals surface area contributed by atoms with E-state index in [0.29, 0.717) is 32.2 Å². The van der Waals surface area contributed by atoms with E-state index < -0.39 is 28.2 Å². The van der Waals surface area contributed by atoms with Gasteiger partial charge in [-0.2, -0.15) is 23.0 Å². The lowest BCUT2D eigenvalue weighted by Gasteiger charge is -2.26. The largest absolute Gasteiger partial charge is 0.405 e. The molecule has 0 spiro atoms. The maximum absolute atomic E-state index is 13.1. The van der Waals surface area contributed by atoms with Gasteiger partial charge in [-0.1, -0.05) is 12.8 Å². The van der Waals surface area contributed by atoms with Gasteiger partial charge in [0.25, 0.3) is 0 Å². The first-order valence-corrected chi connectivity index (χ1v) is 8.34. The average Bonchev–Trinajstić information content (AvgIpc) is 3.06. The van der Waals surface area contributed by atoms with Crippen molar-refractivity contribution < 1.29 is 21.6 Å². The Morgan fingerprint density at radius 1 is 1.43 bits per heavy atom. The summed E-state index contributed by atoms with van der Waals surface area (Å²) in [6.45, 7) is 2.20. The number of hydrogen-bond donors (Lipinski definition) is 1. The lowest BCUT2D eigenvalue weighted by molar-refractivity contribution is -0.162. The molecule has 0 saturated heterocycles. The van der Waals surface area contributed by atoms with E-state index >= 15 is 0 Å². The van der Waals surface area contributed by atoms with Gasteiger partial charge < -0.3 is 0 Å². The van der Waals surface area contributed by atoms with Crippen LogP contribution in [0.3, 0.4) is 0 Å². The number of aryl methyl sites for hydroxylation is 1. The van der Waals surface area contributed by atoms with Crippen LogP contribution < -0.4 is 4.72 Å². The summed E-state index contributed by atoms with van der Waals surface area (Å²) >= 11 is 0. The molecular weight excluding hydrogens is 307 g/mol. The molecule has 0 aromatic carbocycles. The predicted octanol–water partition coefficient (Wildman–Crippen LogP) is 2.30. The van der Waals surface area contributed by atoms with Crippen molar-refractivity contribution in [3.8, 4) is 0 Å². The van der Waals surface area contributed by atoms with Gasteiger partial charge in [0.15, 0.2) is 0 Å². The number of halogens is 3. The van der Waals surface area contributed by atoms with Crippen LogP contribution in [0, 0.1) is 5.92 Å². The lowest BCUT2D eigenvalue weighted by Crippen LogP contribution is -2.49. The summed E-state index contributed by atoms with van der Waals surface area (Å²) in [7, 11) is -4.22. The van der Waals surface area contributed by atoms with Crippen LogP contribution in [0.25, 0.3) is 0 Å². The van der Waals surface area contributed by atoms with Gasteiger partial charge in [0, 0.05) is 12.7 Å². The highest BCUT2D eigenvalue weighted by molar-refractivity contribution is 7.89. The number of nitrogens with zero attached hydrogens (tertiary/aromatic N) is 2. The Balaban J connectivity index is 2.22. The molecule has 9 heteroatoms. The fourth-order valence-electron chi connectivity index (χ4n) is 2.61. The standard InChI is InChI=1S/C12H18F3N3O2S/c1-2-18-8-10(7-16-18)21(19,20)17-11(12(13,14)15)9-5-3-4-6-9/h7-9,11,17H,2-6H2,1H3. The molecule has 0 bridgehead atoms. The Labute approximate surface area is 121 Å². The van der Waals surface area contributed by atoms with E-state index in [0.717, 1.165) is 6.20 Å². The number of hydrogen-bond acceptors (Lipinski definition) is 3. The van der Waals surface area contributed by atoms with Crippen LogP contribution >= 0.6 is 0 Å². The summed E-state index contributed by atoms with van der Waals surface area (Å²) in [6.07, 6.45) is -0.123. The van der Waals surface area contributed by atoms with E-state index in [1.165, 1.54) is 10.9 Å². The molecule has 0 radical (unpaired) electrons. The zero-order valence-electron chi connectivity index (χ0n) is 11.6. The molecule has 1 heterocycles. The minimum Gasteiger partial charge on any atom is -0.272 e. The maximum atomic E-state index is 13.1. The van der Waals surface area contributed by atoms with Crippen molar-refractivity contribution in [3.05, 3.63) is 12.4 Å². The van der Waals surface area contributed by atoms with Crippen molar-refractivity contribution in [3.63, 3.8) is 0 Å². The van der Waals surface area contributed by atoms with Crippen LogP contribution in [-0.2, 0) is 16.6 Å². The SMILES string of the molecule is CCn1cc(S(=O)(=O)NC(C2CCCC2)C(F)(F)F)cn1. The van der Waals surface area contributed by atoms with Gasteiger partial charge in [-0.3, -0.25) is 4.68 Å². The molecule has 1 fully saturated rings. The van der Waals surface area contributed by atoms with Crippen molar-refractivity contribution in [1.82, 2.24) is 14.5 Å². The molecular formula is C12H18F3N3O2S. The zero-order chi connectivity index (χ0) is 15.7. The number of alkyl halides is 3. The van der Waals surface area contributed by atoms with Crippen LogP contribution in [0.5, 0.6) is 0 Å². The highest BCUT2D eigenvalue weighted by atomic mass is 32.2. The fraction of sp³-hybridized carbons (Fsp3) is 0.750. The molecule has 120 valence electrons. The Kier molecular flexibility index (Phi) is 4.62. The minimum atomic E-state index is -4.59. The first kappa shape index (κ1) is 16.3. The van der Waals surface area contributed by atoms with E-state index in [-0.39, 0.29) is 4.90 Å². The van der Waals surface area contributed by atoms with Crippen LogP contribution in [0.1, 0.15) is 32.6 Å². The zero-order valence-corrected chi connectivity index (χ0v) is 12.4. The Morgan fingerprint density at radius 3 is 2.52 bits per heavy atom. The number of aromatic nitrogens is 2. The van der Waals surface area contributed by atoms with Crippen molar-refractivity contribution in [1.29, 1.82) is 0 Å². The molecule has 2 rings (SSSR count). The summed E-state index contributed by atoms with van der Waals surface area (Å²) in [6, 6.07) is -2.03. The highest BCUT2D eigenvalue weighted by Gasteiger charge is 2.47. The second-order valence-corrected chi connectivity index (χ2v) is 6.93. The molecule has 1 N–H and O–H groups in total. The number of rotatable bonds is 5. The first-order chi connectivity index (χ1) is 9.74. The van der Waals surface area contributed by atoms with Crippen molar-refractivity contribution in [2.75, 3.05) is 0 Å². The van der Waals surface area contributed by atoms with Gasteiger partial charge in [0.05, 0.1) is 6.20 Å². The normalized spacial score (nSPS) is 19.0. The summed E-state index contributed by atoms with van der Waals surface area (Å²) in [4.78, 5) is -0.239. The first-order valence-electron chi connectivity index (χ1n) is 6.85. The third-order valence-corrected chi connectivity index (χ3v) is 5.15. The van der Waals surface area contributed by atoms with Crippen LogP contribution in [0.2, 0.25) is 0 Å². The Hall–Kier alpha value is -1.09. The highest BCUT2D eigenvalue weighted by Crippen LogP contribution is 2.36. The summed E-state index contributed by atoms with van der Waals surface area (Å²) in [5, 5.41) is 3.78. The van der Waals surface area contributed by atoms with E-state index in [1.807, 2.05) is 4.72 Å². The molecule has 1 aromatic heterocycles. The van der Waals surface area contributed by atoms with Gasteiger partial charge in [-0.25, -0.2) is 8.42 Å². The molecule has 5 nitrogen and oxygen atoms in total. The van der Waals surface area contributed by atoms with Crippen molar-refractivity contribution in [2.45, 2.75) is 56.3 Å². The van der Waals surface area contributed by atoms with Crippen LogP contribution in [0.4, 0.5) is 13.2 Å². The van der Waals surface area contributed by atoms with Gasteiger partial charge in [0.2, 0.25) is 10.0 Å². The molecule has 21 heavy (non-hydrogen) atoms. The van der Waals surface area contributed by atoms with E-state index in [2.05, 4.69) is 5.10 Å². The fourth-order valence-corrected chi connectivity index (χ4v) is 3.86. The minimum absolute atomic E-state index is 0.239. The van der Waals surface area contributed by atoms with Gasteiger partial charge >= 0.3 is 6.18 Å². The van der Waals surface area contributed by atoms with E-state index in [9.17, 15) is 21.6 Å². The monoisotopic (exact) mass is 325 g/mol. The predicted molar refractivity (Wildman–Crippen MR) is 70.0 cm³/mol. The van der Waals surface area contributed by atoms with Crippen LogP contribution in [0.15, 0.2) is 17.3 Å². The Bertz CT molecular complexity index is 577. The Morgan fingerprint density at radius 2 is 2.05 bits per heavy atom. The van der Waals surface area contributed by atoms with Crippen LogP contribution in [-0.4, -0.2) is 30.4 Å². The molecule has 1 saturated carbocycles.